The van der Waals surface area contributed by atoms with E-state index in [2.05, 4.69) is 5.10 Å². The van der Waals surface area contributed by atoms with Crippen molar-refractivity contribution >= 4 is 29.2 Å². The average Bonchev–Trinajstić information content (AvgIpc) is 3.26. The van der Waals surface area contributed by atoms with Gasteiger partial charge < -0.3 is 4.74 Å². The summed E-state index contributed by atoms with van der Waals surface area (Å²) in [5.74, 6) is 0.750. The fourth-order valence-corrected chi connectivity index (χ4v) is 3.39. The molecule has 3 aromatic rings. The minimum atomic E-state index is -0.242. The summed E-state index contributed by atoms with van der Waals surface area (Å²) in [6.07, 6.45) is 6.02. The molecule has 0 N–H and O–H groups in total. The molecule has 0 bridgehead atoms. The van der Waals surface area contributed by atoms with Crippen LogP contribution in [0.4, 0.5) is 0 Å². The van der Waals surface area contributed by atoms with Gasteiger partial charge in [-0.15, -0.1) is 0 Å². The normalized spacial score (nSPS) is 15.3. The number of carbonyl (C=O) groups is 1. The number of benzene rings is 2. The fourth-order valence-electron chi connectivity index (χ4n) is 3.26. The maximum Gasteiger partial charge on any atom is 0.211 e. The molecule has 136 valence electrons. The second-order valence-electron chi connectivity index (χ2n) is 7.22. The van der Waals surface area contributed by atoms with Crippen LogP contribution in [-0.2, 0) is 6.42 Å². The lowest BCUT2D eigenvalue weighted by Gasteiger charge is -2.16. The summed E-state index contributed by atoms with van der Waals surface area (Å²) in [5, 5.41) is 4.90. The Kier molecular flexibility index (Phi) is 4.36. The summed E-state index contributed by atoms with van der Waals surface area (Å²) in [5.41, 5.74) is 2.78. The standard InChI is InChI=1S/C22H19ClN2O2/c1-22(2)14-17-13-16(6-9-20(17)27-22)21(26)19(25-11-3-10-24-25)12-15-4-7-18(23)8-5-15/h3-13H,14H2,1-2H3. The molecule has 0 amide bonds. The van der Waals surface area contributed by atoms with Crippen LogP contribution in [0.25, 0.3) is 11.8 Å². The van der Waals surface area contributed by atoms with Gasteiger partial charge in [0.05, 0.1) is 0 Å². The van der Waals surface area contributed by atoms with Crippen LogP contribution in [0, 0.1) is 0 Å². The van der Waals surface area contributed by atoms with E-state index in [0.29, 0.717) is 16.3 Å². The van der Waals surface area contributed by atoms with E-state index in [-0.39, 0.29) is 11.4 Å². The predicted molar refractivity (Wildman–Crippen MR) is 107 cm³/mol. The van der Waals surface area contributed by atoms with Crippen molar-refractivity contribution < 1.29 is 9.53 Å². The lowest BCUT2D eigenvalue weighted by molar-refractivity contribution is 0.105. The number of fused-ring (bicyclic) bond motifs is 1. The molecule has 0 unspecified atom stereocenters. The molecule has 4 nitrogen and oxygen atoms in total. The molecule has 0 fully saturated rings. The van der Waals surface area contributed by atoms with Crippen molar-refractivity contribution in [2.45, 2.75) is 25.9 Å². The first-order valence-electron chi connectivity index (χ1n) is 8.75. The van der Waals surface area contributed by atoms with Gasteiger partial charge in [0.2, 0.25) is 5.78 Å². The third kappa shape index (κ3) is 3.67. The zero-order valence-electron chi connectivity index (χ0n) is 15.1. The Morgan fingerprint density at radius 2 is 2.00 bits per heavy atom. The van der Waals surface area contributed by atoms with Gasteiger partial charge in [-0.25, -0.2) is 4.68 Å². The van der Waals surface area contributed by atoms with E-state index in [9.17, 15) is 4.79 Å². The number of rotatable bonds is 4. The molecule has 5 heteroatoms. The number of carbonyl (C=O) groups excluding carboxylic acids is 1. The Labute approximate surface area is 163 Å². The fraction of sp³-hybridized carbons (Fsp3) is 0.182. The molecule has 2 heterocycles. The first-order chi connectivity index (χ1) is 12.9. The third-order valence-electron chi connectivity index (χ3n) is 4.48. The quantitative estimate of drug-likeness (QED) is 0.467. The summed E-state index contributed by atoms with van der Waals surface area (Å²) in [6, 6.07) is 14.7. The number of ketones is 1. The van der Waals surface area contributed by atoms with Gasteiger partial charge in [0.25, 0.3) is 0 Å². The Morgan fingerprint density at radius 3 is 2.70 bits per heavy atom. The highest BCUT2D eigenvalue weighted by Gasteiger charge is 2.30. The topological polar surface area (TPSA) is 44.1 Å². The van der Waals surface area contributed by atoms with Crippen molar-refractivity contribution in [1.82, 2.24) is 9.78 Å². The third-order valence-corrected chi connectivity index (χ3v) is 4.73. The molecular weight excluding hydrogens is 360 g/mol. The molecule has 4 rings (SSSR count). The number of Topliss-reactive ketones (excluding diaryl/α,β-unsaturated/α-hetero) is 1. The van der Waals surface area contributed by atoms with Crippen LogP contribution in [0.2, 0.25) is 5.02 Å². The molecule has 1 aliphatic heterocycles. The second-order valence-corrected chi connectivity index (χ2v) is 7.66. The van der Waals surface area contributed by atoms with Gasteiger partial charge in [-0.1, -0.05) is 23.7 Å². The smallest absolute Gasteiger partial charge is 0.211 e. The molecule has 1 aromatic heterocycles. The van der Waals surface area contributed by atoms with E-state index in [4.69, 9.17) is 16.3 Å². The number of allylic oxidation sites excluding steroid dienone is 1. The Hall–Kier alpha value is -2.85. The number of hydrogen-bond acceptors (Lipinski definition) is 3. The average molecular weight is 379 g/mol. The van der Waals surface area contributed by atoms with Crippen LogP contribution in [-0.4, -0.2) is 21.2 Å². The van der Waals surface area contributed by atoms with Gasteiger partial charge in [0, 0.05) is 29.4 Å². The van der Waals surface area contributed by atoms with E-state index in [0.717, 1.165) is 23.3 Å². The zero-order chi connectivity index (χ0) is 19.0. The van der Waals surface area contributed by atoms with Crippen molar-refractivity contribution in [3.63, 3.8) is 0 Å². The number of hydrogen-bond donors (Lipinski definition) is 0. The number of nitrogens with zero attached hydrogens (tertiary/aromatic N) is 2. The SMILES string of the molecule is CC1(C)Cc2cc(C(=O)C(=Cc3ccc(Cl)cc3)n3cccn3)ccc2O1. The largest absolute Gasteiger partial charge is 0.487 e. The summed E-state index contributed by atoms with van der Waals surface area (Å²) in [6.45, 7) is 4.09. The molecule has 0 radical (unpaired) electrons. The van der Waals surface area contributed by atoms with Gasteiger partial charge in [-0.2, -0.15) is 5.10 Å². The van der Waals surface area contributed by atoms with Crippen molar-refractivity contribution in [1.29, 1.82) is 0 Å². The molecule has 0 saturated heterocycles. The van der Waals surface area contributed by atoms with E-state index in [1.54, 1.807) is 35.3 Å². The Balaban J connectivity index is 1.73. The van der Waals surface area contributed by atoms with E-state index in [1.807, 2.05) is 50.3 Å². The minimum absolute atomic E-state index is 0.0962. The van der Waals surface area contributed by atoms with Crippen LogP contribution in [0.15, 0.2) is 60.9 Å². The van der Waals surface area contributed by atoms with E-state index in [1.165, 1.54) is 0 Å². The summed E-state index contributed by atoms with van der Waals surface area (Å²) >= 11 is 5.97. The molecule has 0 spiro atoms. The number of aromatic nitrogens is 2. The van der Waals surface area contributed by atoms with Crippen molar-refractivity contribution in [3.8, 4) is 5.75 Å². The van der Waals surface area contributed by atoms with Gasteiger partial charge in [0.1, 0.15) is 17.0 Å². The van der Waals surface area contributed by atoms with Crippen LogP contribution < -0.4 is 4.74 Å². The summed E-state index contributed by atoms with van der Waals surface area (Å²) in [7, 11) is 0. The summed E-state index contributed by atoms with van der Waals surface area (Å²) < 4.78 is 7.50. The highest BCUT2D eigenvalue weighted by Crippen LogP contribution is 2.35. The Morgan fingerprint density at radius 1 is 1.22 bits per heavy atom. The van der Waals surface area contributed by atoms with Crippen molar-refractivity contribution in [2.24, 2.45) is 0 Å². The predicted octanol–water partition coefficient (Wildman–Crippen LogP) is 5.13. The maximum absolute atomic E-state index is 13.3. The van der Waals surface area contributed by atoms with Gasteiger partial charge in [-0.05, 0) is 67.4 Å². The number of halogens is 1. The molecule has 0 atom stereocenters. The minimum Gasteiger partial charge on any atom is -0.487 e. The maximum atomic E-state index is 13.3. The van der Waals surface area contributed by atoms with Gasteiger partial charge in [-0.3, -0.25) is 4.79 Å². The molecule has 1 aliphatic rings. The van der Waals surface area contributed by atoms with E-state index < -0.39 is 0 Å². The monoisotopic (exact) mass is 378 g/mol. The lowest BCUT2D eigenvalue weighted by Crippen LogP contribution is -2.24. The van der Waals surface area contributed by atoms with Crippen LogP contribution in [0.5, 0.6) is 5.75 Å². The van der Waals surface area contributed by atoms with Gasteiger partial charge >= 0.3 is 0 Å². The van der Waals surface area contributed by atoms with Crippen LogP contribution >= 0.6 is 11.6 Å². The van der Waals surface area contributed by atoms with Gasteiger partial charge in [0.15, 0.2) is 0 Å². The first kappa shape index (κ1) is 17.6. The molecule has 27 heavy (non-hydrogen) atoms. The highest BCUT2D eigenvalue weighted by molar-refractivity contribution is 6.30. The van der Waals surface area contributed by atoms with Crippen LogP contribution in [0.1, 0.15) is 35.3 Å². The Bertz CT molecular complexity index is 1020. The number of ether oxygens (including phenoxy) is 1. The molecular formula is C22H19ClN2O2. The molecule has 0 aliphatic carbocycles. The lowest BCUT2D eigenvalue weighted by atomic mass is 9.98. The zero-order valence-corrected chi connectivity index (χ0v) is 15.9. The molecule has 2 aromatic carbocycles. The first-order valence-corrected chi connectivity index (χ1v) is 9.13. The van der Waals surface area contributed by atoms with Crippen LogP contribution in [0.3, 0.4) is 0 Å². The second kappa shape index (κ2) is 6.71. The van der Waals surface area contributed by atoms with Crippen molar-refractivity contribution in [2.75, 3.05) is 0 Å². The van der Waals surface area contributed by atoms with E-state index >= 15 is 0 Å². The van der Waals surface area contributed by atoms with Crippen molar-refractivity contribution in [3.05, 3.63) is 82.6 Å². The molecule has 0 saturated carbocycles. The summed E-state index contributed by atoms with van der Waals surface area (Å²) in [4.78, 5) is 13.3. The highest BCUT2D eigenvalue weighted by atomic mass is 35.5.